The highest BCUT2D eigenvalue weighted by Gasteiger charge is 2.72. The second kappa shape index (κ2) is 6.17. The van der Waals surface area contributed by atoms with E-state index in [2.05, 4.69) is 4.90 Å². The van der Waals surface area contributed by atoms with E-state index in [-0.39, 0.29) is 41.7 Å². The topological polar surface area (TPSA) is 51.2 Å². The maximum Gasteiger partial charge on any atom is 0.397 e. The van der Waals surface area contributed by atoms with Gasteiger partial charge in [-0.05, 0) is 42.2 Å². The van der Waals surface area contributed by atoms with Crippen molar-refractivity contribution in [3.05, 3.63) is 29.5 Å². The molecule has 33 heavy (non-hydrogen) atoms. The Hall–Kier alpha value is -2.42. The minimum absolute atomic E-state index is 0.0490. The van der Waals surface area contributed by atoms with Crippen LogP contribution >= 0.6 is 0 Å². The van der Waals surface area contributed by atoms with Crippen LogP contribution in [-0.2, 0) is 14.9 Å². The zero-order valence-electron chi connectivity index (χ0n) is 18.4. The highest BCUT2D eigenvalue weighted by Crippen LogP contribution is 2.67. The molecule has 2 bridgehead atoms. The molecule has 0 N–H and O–H groups in total. The third-order valence-corrected chi connectivity index (χ3v) is 9.25. The van der Waals surface area contributed by atoms with E-state index in [0.717, 1.165) is 17.7 Å². The molecule has 9 heteroatoms. The smallest absolute Gasteiger partial charge is 0.397 e. The first-order valence-corrected chi connectivity index (χ1v) is 11.5. The summed E-state index contributed by atoms with van der Waals surface area (Å²) in [5.74, 6) is -0.948. The largest absolute Gasteiger partial charge is 0.493 e. The standard InChI is InChI=1S/C24H25F3N2O4/c1-31-16-6-13-15(7-17(16)32-2)29-20(30)8-18-21-11-5-19-23(13,22(21)29)3-4-28(19)9-12(11)14(10-33-18)24(25,26)27/h6-7,9,11,14,18-19,21-22H,3-5,8,10H2,1-2H3/t11-,14+,18-,19-,21-,22-,23+/m0/s1. The zero-order valence-corrected chi connectivity index (χ0v) is 18.4. The normalized spacial score (nSPS) is 39.8. The van der Waals surface area contributed by atoms with Crippen LogP contribution in [0.15, 0.2) is 23.9 Å². The molecule has 1 saturated carbocycles. The van der Waals surface area contributed by atoms with Gasteiger partial charge < -0.3 is 24.0 Å². The zero-order chi connectivity index (χ0) is 22.9. The minimum atomic E-state index is -4.37. The number of anilines is 1. The van der Waals surface area contributed by atoms with Gasteiger partial charge in [0.25, 0.3) is 0 Å². The van der Waals surface area contributed by atoms with Crippen molar-refractivity contribution in [1.29, 1.82) is 0 Å². The van der Waals surface area contributed by atoms with Gasteiger partial charge in [-0.15, -0.1) is 0 Å². The molecule has 1 amide bonds. The van der Waals surface area contributed by atoms with E-state index < -0.39 is 24.8 Å². The number of carbonyl (C=O) groups excluding carboxylic acids is 1. The summed E-state index contributed by atoms with van der Waals surface area (Å²) in [7, 11) is 3.16. The molecule has 1 spiro atoms. The number of halogens is 3. The Morgan fingerprint density at radius 2 is 1.94 bits per heavy atom. The monoisotopic (exact) mass is 462 g/mol. The van der Waals surface area contributed by atoms with Gasteiger partial charge in [0.1, 0.15) is 5.92 Å². The summed E-state index contributed by atoms with van der Waals surface area (Å²) < 4.78 is 59.4. The SMILES string of the molecule is COc1cc2c(cc1OC)[C@@]13CCN4C=C5[C@H](C(F)(F)F)CO[C@H]6CC(=O)N2[C@H]1[C@H]6[C@H]5C[C@H]43. The molecule has 1 aromatic carbocycles. The van der Waals surface area contributed by atoms with Gasteiger partial charge in [-0.3, -0.25) is 4.79 Å². The van der Waals surface area contributed by atoms with Crippen molar-refractivity contribution in [1.82, 2.24) is 4.90 Å². The molecule has 5 heterocycles. The van der Waals surface area contributed by atoms with E-state index in [0.29, 0.717) is 30.0 Å². The van der Waals surface area contributed by atoms with Crippen LogP contribution in [-0.4, -0.2) is 62.5 Å². The lowest BCUT2D eigenvalue weighted by atomic mass is 9.53. The first kappa shape index (κ1) is 20.0. The van der Waals surface area contributed by atoms with Crippen LogP contribution in [0.25, 0.3) is 0 Å². The number of hydrogen-bond donors (Lipinski definition) is 0. The molecule has 7 atom stereocenters. The van der Waals surface area contributed by atoms with Gasteiger partial charge in [0.05, 0.1) is 45.1 Å². The molecule has 7 rings (SSSR count). The maximum absolute atomic E-state index is 14.1. The molecule has 6 nitrogen and oxygen atoms in total. The number of methoxy groups -OCH3 is 2. The Balaban J connectivity index is 1.48. The Bertz CT molecular complexity index is 1100. The Labute approximate surface area is 189 Å². The maximum atomic E-state index is 14.1. The number of carbonyl (C=O) groups is 1. The van der Waals surface area contributed by atoms with Crippen molar-refractivity contribution >= 4 is 11.6 Å². The van der Waals surface area contributed by atoms with Crippen molar-refractivity contribution in [2.24, 2.45) is 17.8 Å². The van der Waals surface area contributed by atoms with Crippen LogP contribution in [0.5, 0.6) is 11.5 Å². The lowest BCUT2D eigenvalue weighted by molar-refractivity contribution is -0.180. The van der Waals surface area contributed by atoms with Gasteiger partial charge in [0, 0.05) is 30.0 Å². The quantitative estimate of drug-likeness (QED) is 0.676. The van der Waals surface area contributed by atoms with Gasteiger partial charge in [0.15, 0.2) is 11.5 Å². The molecule has 6 aliphatic rings. The molecule has 4 fully saturated rings. The van der Waals surface area contributed by atoms with E-state index in [9.17, 15) is 18.0 Å². The summed E-state index contributed by atoms with van der Waals surface area (Å²) in [6.07, 6.45) is -1.52. The fraction of sp³-hybridized carbons (Fsp3) is 0.625. The van der Waals surface area contributed by atoms with Crippen LogP contribution in [0.3, 0.4) is 0 Å². The highest BCUT2D eigenvalue weighted by atomic mass is 19.4. The number of rotatable bonds is 2. The Morgan fingerprint density at radius 3 is 2.67 bits per heavy atom. The number of hydrogen-bond acceptors (Lipinski definition) is 5. The fourth-order valence-electron chi connectivity index (χ4n) is 8.13. The van der Waals surface area contributed by atoms with Crippen molar-refractivity contribution in [3.63, 3.8) is 0 Å². The van der Waals surface area contributed by atoms with Crippen LogP contribution in [0.4, 0.5) is 18.9 Å². The van der Waals surface area contributed by atoms with Gasteiger partial charge in [0.2, 0.25) is 5.91 Å². The predicted molar refractivity (Wildman–Crippen MR) is 111 cm³/mol. The van der Waals surface area contributed by atoms with Gasteiger partial charge in [-0.1, -0.05) is 0 Å². The number of alkyl halides is 3. The molecule has 0 radical (unpaired) electrons. The Morgan fingerprint density at radius 1 is 1.18 bits per heavy atom. The summed E-state index contributed by atoms with van der Waals surface area (Å²) in [6, 6.07) is 3.69. The van der Waals surface area contributed by atoms with Gasteiger partial charge in [-0.25, -0.2) is 0 Å². The van der Waals surface area contributed by atoms with Gasteiger partial charge in [-0.2, -0.15) is 13.2 Å². The van der Waals surface area contributed by atoms with E-state index in [1.165, 1.54) is 0 Å². The molecule has 0 unspecified atom stereocenters. The summed E-state index contributed by atoms with van der Waals surface area (Å²) in [6.45, 7) is 0.267. The molecule has 3 saturated heterocycles. The minimum Gasteiger partial charge on any atom is -0.493 e. The summed E-state index contributed by atoms with van der Waals surface area (Å²) in [5.41, 5.74) is 1.96. The molecule has 1 aliphatic carbocycles. The number of nitrogens with zero attached hydrogens (tertiary/aromatic N) is 2. The third kappa shape index (κ3) is 2.22. The number of piperidine rings is 1. The lowest BCUT2D eigenvalue weighted by Crippen LogP contribution is -2.68. The summed E-state index contributed by atoms with van der Waals surface area (Å²) in [4.78, 5) is 17.5. The first-order valence-electron chi connectivity index (χ1n) is 11.5. The van der Waals surface area contributed by atoms with E-state index >= 15 is 0 Å². The van der Waals surface area contributed by atoms with Crippen LogP contribution in [0, 0.1) is 17.8 Å². The van der Waals surface area contributed by atoms with Crippen LogP contribution in [0.2, 0.25) is 0 Å². The highest BCUT2D eigenvalue weighted by molar-refractivity contribution is 5.99. The van der Waals surface area contributed by atoms with Crippen molar-refractivity contribution < 1.29 is 32.2 Å². The van der Waals surface area contributed by atoms with E-state index in [1.54, 1.807) is 20.4 Å². The molecular formula is C24H25F3N2O4. The number of amides is 1. The van der Waals surface area contributed by atoms with Crippen molar-refractivity contribution in [2.45, 2.75) is 49.0 Å². The average Bonchev–Trinajstić information content (AvgIpc) is 3.25. The third-order valence-electron chi connectivity index (χ3n) is 9.25. The average molecular weight is 462 g/mol. The second-order valence-corrected chi connectivity index (χ2v) is 10.2. The van der Waals surface area contributed by atoms with Crippen LogP contribution < -0.4 is 14.4 Å². The van der Waals surface area contributed by atoms with E-state index in [4.69, 9.17) is 14.2 Å². The first-order chi connectivity index (χ1) is 15.8. The second-order valence-electron chi connectivity index (χ2n) is 10.2. The molecule has 5 aliphatic heterocycles. The van der Waals surface area contributed by atoms with Crippen molar-refractivity contribution in [3.8, 4) is 11.5 Å². The van der Waals surface area contributed by atoms with Crippen molar-refractivity contribution in [2.75, 3.05) is 32.3 Å². The van der Waals surface area contributed by atoms with E-state index in [1.807, 2.05) is 17.0 Å². The fourth-order valence-corrected chi connectivity index (χ4v) is 8.13. The number of fused-ring (bicyclic) bond motifs is 2. The lowest BCUT2D eigenvalue weighted by Gasteiger charge is -2.58. The van der Waals surface area contributed by atoms with Crippen LogP contribution in [0.1, 0.15) is 24.8 Å². The molecule has 1 aromatic rings. The summed E-state index contributed by atoms with van der Waals surface area (Å²) >= 11 is 0. The Kier molecular flexibility index (Phi) is 3.74. The predicted octanol–water partition coefficient (Wildman–Crippen LogP) is 3.25. The summed E-state index contributed by atoms with van der Waals surface area (Å²) in [5, 5.41) is 0. The molecule has 0 aromatic heterocycles. The molecule has 176 valence electrons. The number of benzene rings is 1. The molecular weight excluding hydrogens is 437 g/mol. The van der Waals surface area contributed by atoms with Gasteiger partial charge >= 0.3 is 6.18 Å². The number of ether oxygens (including phenoxy) is 3.